The van der Waals surface area contributed by atoms with E-state index in [0.717, 1.165) is 42.8 Å². The zero-order chi connectivity index (χ0) is 14.7. The Bertz CT molecular complexity index is 477. The third kappa shape index (κ3) is 2.44. The van der Waals surface area contributed by atoms with Crippen LogP contribution in [-0.4, -0.2) is 60.4 Å². The summed E-state index contributed by atoms with van der Waals surface area (Å²) in [7, 11) is 0. The second kappa shape index (κ2) is 6.32. The zero-order valence-corrected chi connectivity index (χ0v) is 12.3. The second-order valence-electron chi connectivity index (χ2n) is 5.55. The molecule has 2 N–H and O–H groups in total. The van der Waals surface area contributed by atoms with Crippen LogP contribution in [0.1, 0.15) is 19.3 Å². The van der Waals surface area contributed by atoms with Crippen LogP contribution < -0.4 is 0 Å². The van der Waals surface area contributed by atoms with Gasteiger partial charge >= 0.3 is 0 Å². The van der Waals surface area contributed by atoms with Crippen molar-refractivity contribution in [3.8, 4) is 0 Å². The molecule has 116 valence electrons. The maximum Gasteiger partial charge on any atom is 0.177 e. The van der Waals surface area contributed by atoms with Gasteiger partial charge < -0.3 is 19.7 Å². The smallest absolute Gasteiger partial charge is 0.177 e. The first kappa shape index (κ1) is 14.8. The van der Waals surface area contributed by atoms with E-state index >= 15 is 0 Å². The Balaban J connectivity index is 1.97. The fraction of sp³-hybridized carbons (Fsp3) is 0.625. The standard InChI is InChI=1S/C16H23NO4/c18-8-6-17(7-9-19)16-13-4-5-14(16)15(12-13)20-10-2-1-3-11-21-16/h4-5,12,18-19H,1-3,6-11H2. The molecule has 1 atom stereocenters. The maximum absolute atomic E-state index is 9.37. The molecule has 5 heteroatoms. The Labute approximate surface area is 125 Å². The van der Waals surface area contributed by atoms with E-state index in [1.165, 1.54) is 0 Å². The van der Waals surface area contributed by atoms with Gasteiger partial charge in [0.2, 0.25) is 0 Å². The Morgan fingerprint density at radius 1 is 1.05 bits per heavy atom. The average Bonchev–Trinajstić information content (AvgIpc) is 2.98. The van der Waals surface area contributed by atoms with E-state index in [2.05, 4.69) is 0 Å². The Morgan fingerprint density at radius 3 is 2.57 bits per heavy atom. The first-order valence-corrected chi connectivity index (χ1v) is 7.71. The Morgan fingerprint density at radius 2 is 1.81 bits per heavy atom. The van der Waals surface area contributed by atoms with Crippen LogP contribution >= 0.6 is 0 Å². The van der Waals surface area contributed by atoms with Crippen molar-refractivity contribution in [1.82, 2.24) is 4.90 Å². The summed E-state index contributed by atoms with van der Waals surface area (Å²) >= 11 is 0. The van der Waals surface area contributed by atoms with E-state index in [1.807, 2.05) is 23.1 Å². The normalized spacial score (nSPS) is 28.0. The average molecular weight is 293 g/mol. The van der Waals surface area contributed by atoms with E-state index in [1.54, 1.807) is 0 Å². The highest BCUT2D eigenvalue weighted by molar-refractivity contribution is 5.62. The lowest BCUT2D eigenvalue weighted by molar-refractivity contribution is -0.106. The minimum absolute atomic E-state index is 0.0296. The third-order valence-electron chi connectivity index (χ3n) is 4.28. The molecule has 0 amide bonds. The predicted molar refractivity (Wildman–Crippen MR) is 78.5 cm³/mol. The SMILES string of the molecule is OCCN(CCO)C12OCCCCCOC3=C1C=CC2=C3. The van der Waals surface area contributed by atoms with Crippen molar-refractivity contribution in [3.63, 3.8) is 0 Å². The van der Waals surface area contributed by atoms with Gasteiger partial charge in [0.15, 0.2) is 5.72 Å². The van der Waals surface area contributed by atoms with Crippen LogP contribution in [0.15, 0.2) is 35.1 Å². The van der Waals surface area contributed by atoms with Crippen LogP contribution in [0.3, 0.4) is 0 Å². The quantitative estimate of drug-likeness (QED) is 0.790. The van der Waals surface area contributed by atoms with Gasteiger partial charge in [-0.25, -0.2) is 0 Å². The van der Waals surface area contributed by atoms with Gasteiger partial charge in [0.05, 0.1) is 19.8 Å². The van der Waals surface area contributed by atoms with Gasteiger partial charge in [-0.15, -0.1) is 0 Å². The summed E-state index contributed by atoms with van der Waals surface area (Å²) in [5.41, 5.74) is 1.36. The summed E-state index contributed by atoms with van der Waals surface area (Å²) in [5.74, 6) is 0.871. The topological polar surface area (TPSA) is 62.2 Å². The highest BCUT2D eigenvalue weighted by Crippen LogP contribution is 2.48. The zero-order valence-electron chi connectivity index (χ0n) is 12.3. The van der Waals surface area contributed by atoms with Crippen molar-refractivity contribution in [2.75, 3.05) is 39.5 Å². The van der Waals surface area contributed by atoms with E-state index in [4.69, 9.17) is 9.47 Å². The molecule has 3 aliphatic rings. The molecular formula is C16H23NO4. The number of ether oxygens (including phenoxy) is 2. The fourth-order valence-electron chi connectivity index (χ4n) is 3.34. The molecule has 1 heterocycles. The molecule has 0 aromatic rings. The lowest BCUT2D eigenvalue weighted by Gasteiger charge is -2.41. The van der Waals surface area contributed by atoms with Crippen molar-refractivity contribution in [2.24, 2.45) is 0 Å². The number of rotatable bonds is 5. The van der Waals surface area contributed by atoms with Gasteiger partial charge in [0.25, 0.3) is 0 Å². The van der Waals surface area contributed by atoms with Crippen LogP contribution in [0, 0.1) is 0 Å². The Kier molecular flexibility index (Phi) is 4.45. The van der Waals surface area contributed by atoms with Gasteiger partial charge in [-0.05, 0) is 25.3 Å². The predicted octanol–water partition coefficient (Wildman–Crippen LogP) is 0.950. The van der Waals surface area contributed by atoms with Crippen LogP contribution in [0.5, 0.6) is 0 Å². The number of aliphatic hydroxyl groups is 2. The molecule has 5 nitrogen and oxygen atoms in total. The lowest BCUT2D eigenvalue weighted by Crippen LogP contribution is -2.53. The summed E-state index contributed by atoms with van der Waals surface area (Å²) in [6, 6.07) is 0. The number of nitrogens with zero attached hydrogens (tertiary/aromatic N) is 1. The van der Waals surface area contributed by atoms with E-state index in [0.29, 0.717) is 19.7 Å². The molecule has 0 saturated heterocycles. The first-order valence-electron chi connectivity index (χ1n) is 7.71. The highest BCUT2D eigenvalue weighted by Gasteiger charge is 2.51. The van der Waals surface area contributed by atoms with Crippen molar-refractivity contribution >= 4 is 0 Å². The molecule has 3 rings (SSSR count). The molecule has 1 aliphatic heterocycles. The number of hydrogen-bond acceptors (Lipinski definition) is 5. The lowest BCUT2D eigenvalue weighted by atomic mass is 10.0. The van der Waals surface area contributed by atoms with Crippen molar-refractivity contribution in [1.29, 1.82) is 0 Å². The molecule has 0 saturated carbocycles. The van der Waals surface area contributed by atoms with Gasteiger partial charge in [-0.3, -0.25) is 4.90 Å². The van der Waals surface area contributed by atoms with E-state index < -0.39 is 5.72 Å². The van der Waals surface area contributed by atoms with E-state index in [-0.39, 0.29) is 13.2 Å². The molecule has 0 aromatic heterocycles. The largest absolute Gasteiger partial charge is 0.493 e. The minimum Gasteiger partial charge on any atom is -0.493 e. The summed E-state index contributed by atoms with van der Waals surface area (Å²) in [4.78, 5) is 2.01. The van der Waals surface area contributed by atoms with Crippen molar-refractivity contribution < 1.29 is 19.7 Å². The summed E-state index contributed by atoms with van der Waals surface area (Å²) in [5, 5.41) is 18.7. The molecule has 0 fully saturated rings. The van der Waals surface area contributed by atoms with Crippen LogP contribution in [0.4, 0.5) is 0 Å². The van der Waals surface area contributed by atoms with E-state index in [9.17, 15) is 10.2 Å². The first-order chi connectivity index (χ1) is 10.3. The van der Waals surface area contributed by atoms with Crippen LogP contribution in [0.2, 0.25) is 0 Å². The van der Waals surface area contributed by atoms with Crippen molar-refractivity contribution in [2.45, 2.75) is 25.0 Å². The summed E-state index contributed by atoms with van der Waals surface area (Å²) in [6.07, 6.45) is 9.23. The monoisotopic (exact) mass is 293 g/mol. The van der Waals surface area contributed by atoms with Crippen LogP contribution in [0.25, 0.3) is 0 Å². The Hall–Kier alpha value is -1.14. The summed E-state index contributed by atoms with van der Waals surface area (Å²) < 4.78 is 12.2. The van der Waals surface area contributed by atoms with Gasteiger partial charge in [-0.1, -0.05) is 12.2 Å². The van der Waals surface area contributed by atoms with Gasteiger partial charge in [0, 0.05) is 30.8 Å². The fourth-order valence-corrected chi connectivity index (χ4v) is 3.34. The second-order valence-corrected chi connectivity index (χ2v) is 5.55. The highest BCUT2D eigenvalue weighted by atomic mass is 16.5. The number of aliphatic hydroxyl groups excluding tert-OH is 2. The third-order valence-corrected chi connectivity index (χ3v) is 4.28. The van der Waals surface area contributed by atoms with Gasteiger partial charge in [0.1, 0.15) is 5.76 Å². The minimum atomic E-state index is -0.682. The van der Waals surface area contributed by atoms with Crippen molar-refractivity contribution in [3.05, 3.63) is 35.1 Å². The molecule has 21 heavy (non-hydrogen) atoms. The molecule has 2 aliphatic carbocycles. The molecule has 0 spiro atoms. The molecule has 1 unspecified atom stereocenters. The molecule has 4 bridgehead atoms. The van der Waals surface area contributed by atoms with Crippen LogP contribution in [-0.2, 0) is 9.47 Å². The molecule has 0 aromatic carbocycles. The number of allylic oxidation sites excluding steroid dienone is 1. The maximum atomic E-state index is 9.37. The van der Waals surface area contributed by atoms with Gasteiger partial charge in [-0.2, -0.15) is 0 Å². The molecule has 0 radical (unpaired) electrons. The number of hydrogen-bond donors (Lipinski definition) is 2. The summed E-state index contributed by atoms with van der Waals surface area (Å²) in [6.45, 7) is 2.37. The molecular weight excluding hydrogens is 270 g/mol.